The molecule has 1 rings (SSSR count). The van der Waals surface area contributed by atoms with Crippen LogP contribution in [0.5, 0.6) is 0 Å². The van der Waals surface area contributed by atoms with Gasteiger partial charge in [0.25, 0.3) is 0 Å². The number of allylic oxidation sites excluding steroid dienone is 2. The van der Waals surface area contributed by atoms with Gasteiger partial charge in [0.05, 0.1) is 0 Å². The Hall–Kier alpha value is -1.08. The van der Waals surface area contributed by atoms with Gasteiger partial charge in [-0.05, 0) is 43.7 Å². The molecule has 1 nitrogen and oxygen atoms in total. The summed E-state index contributed by atoms with van der Waals surface area (Å²) < 4.78 is 0. The van der Waals surface area contributed by atoms with E-state index in [1.807, 2.05) is 0 Å². The minimum atomic E-state index is 0.627. The van der Waals surface area contributed by atoms with Crippen molar-refractivity contribution in [1.82, 2.24) is 0 Å². The van der Waals surface area contributed by atoms with E-state index in [4.69, 9.17) is 5.73 Å². The summed E-state index contributed by atoms with van der Waals surface area (Å²) in [5.41, 5.74) is 9.61. The minimum absolute atomic E-state index is 0.627. The van der Waals surface area contributed by atoms with Gasteiger partial charge in [0.1, 0.15) is 0 Å². The predicted octanol–water partition coefficient (Wildman–Crippen LogP) is 4.00. The van der Waals surface area contributed by atoms with Crippen molar-refractivity contribution in [1.29, 1.82) is 0 Å². The number of hydrogen-bond acceptors (Lipinski definition) is 1. The van der Waals surface area contributed by atoms with Crippen molar-refractivity contribution in [2.45, 2.75) is 46.1 Å². The fourth-order valence-corrected chi connectivity index (χ4v) is 1.77. The smallest absolute Gasteiger partial charge is 0.0178 e. The molecule has 0 amide bonds. The van der Waals surface area contributed by atoms with Gasteiger partial charge in [-0.25, -0.2) is 0 Å². The number of hydrogen-bond donors (Lipinski definition) is 1. The average molecular weight is 217 g/mol. The molecule has 0 saturated heterocycles. The Balaban J connectivity index is 2.52. The van der Waals surface area contributed by atoms with E-state index in [1.54, 1.807) is 0 Å². The summed E-state index contributed by atoms with van der Waals surface area (Å²) in [6, 6.07) is 8.67. The standard InChI is InChI=1S/C15H23N/c1-12(2)5-4-6-13(3)15-9-7-14(11-16)8-10-15/h5,7-10,13H,4,6,11,16H2,1-3H3/t13-/m0/s1. The molecule has 0 aromatic heterocycles. The minimum Gasteiger partial charge on any atom is -0.326 e. The third-order valence-corrected chi connectivity index (χ3v) is 2.94. The molecule has 1 aromatic rings. The summed E-state index contributed by atoms with van der Waals surface area (Å²) in [7, 11) is 0. The van der Waals surface area contributed by atoms with Crippen LogP contribution in [0.1, 0.15) is 50.7 Å². The molecule has 0 fully saturated rings. The van der Waals surface area contributed by atoms with Gasteiger partial charge in [0.2, 0.25) is 0 Å². The Kier molecular flexibility index (Phi) is 5.27. The lowest BCUT2D eigenvalue weighted by Crippen LogP contribution is -1.98. The molecule has 0 unspecified atom stereocenters. The molecule has 1 heteroatoms. The van der Waals surface area contributed by atoms with Crippen LogP contribution in [-0.2, 0) is 6.54 Å². The molecular weight excluding hydrogens is 194 g/mol. The van der Waals surface area contributed by atoms with Crippen LogP contribution in [-0.4, -0.2) is 0 Å². The maximum Gasteiger partial charge on any atom is 0.0178 e. The van der Waals surface area contributed by atoms with Crippen molar-refractivity contribution < 1.29 is 0 Å². The number of nitrogens with two attached hydrogens (primary N) is 1. The molecular formula is C15H23N. The molecule has 0 aliphatic heterocycles. The highest BCUT2D eigenvalue weighted by atomic mass is 14.5. The zero-order chi connectivity index (χ0) is 12.0. The second-order valence-electron chi connectivity index (χ2n) is 4.71. The zero-order valence-corrected chi connectivity index (χ0v) is 10.7. The molecule has 0 spiro atoms. The highest BCUT2D eigenvalue weighted by molar-refractivity contribution is 5.24. The van der Waals surface area contributed by atoms with Crippen LogP contribution in [0.2, 0.25) is 0 Å². The largest absolute Gasteiger partial charge is 0.326 e. The third-order valence-electron chi connectivity index (χ3n) is 2.94. The SMILES string of the molecule is CC(C)=CCC[C@H](C)c1ccc(CN)cc1. The first-order valence-corrected chi connectivity index (χ1v) is 6.05. The number of benzene rings is 1. The van der Waals surface area contributed by atoms with Crippen LogP contribution in [0.4, 0.5) is 0 Å². The van der Waals surface area contributed by atoms with Crippen LogP contribution in [0.15, 0.2) is 35.9 Å². The quantitative estimate of drug-likeness (QED) is 0.741. The molecule has 0 bridgehead atoms. The summed E-state index contributed by atoms with van der Waals surface area (Å²) in [5.74, 6) is 0.627. The summed E-state index contributed by atoms with van der Waals surface area (Å²) in [5, 5.41) is 0. The van der Waals surface area contributed by atoms with Gasteiger partial charge in [-0.1, -0.05) is 42.8 Å². The molecule has 0 saturated carbocycles. The Morgan fingerprint density at radius 1 is 1.25 bits per heavy atom. The van der Waals surface area contributed by atoms with Crippen molar-refractivity contribution >= 4 is 0 Å². The lowest BCUT2D eigenvalue weighted by Gasteiger charge is -2.11. The van der Waals surface area contributed by atoms with Crippen molar-refractivity contribution in [2.24, 2.45) is 5.73 Å². The first kappa shape index (κ1) is 13.0. The van der Waals surface area contributed by atoms with Gasteiger partial charge in [-0.15, -0.1) is 0 Å². The van der Waals surface area contributed by atoms with Gasteiger partial charge in [0, 0.05) is 6.54 Å². The molecule has 16 heavy (non-hydrogen) atoms. The summed E-state index contributed by atoms with van der Waals surface area (Å²) >= 11 is 0. The monoisotopic (exact) mass is 217 g/mol. The van der Waals surface area contributed by atoms with Crippen LogP contribution in [0.25, 0.3) is 0 Å². The summed E-state index contributed by atoms with van der Waals surface area (Å²) in [6.07, 6.45) is 4.69. The van der Waals surface area contributed by atoms with Gasteiger partial charge >= 0.3 is 0 Å². The molecule has 0 heterocycles. The van der Waals surface area contributed by atoms with Crippen molar-refractivity contribution in [3.05, 3.63) is 47.0 Å². The van der Waals surface area contributed by atoms with Gasteiger partial charge in [-0.2, -0.15) is 0 Å². The lowest BCUT2D eigenvalue weighted by atomic mass is 9.95. The Morgan fingerprint density at radius 3 is 2.38 bits per heavy atom. The van der Waals surface area contributed by atoms with Crippen LogP contribution >= 0.6 is 0 Å². The highest BCUT2D eigenvalue weighted by Crippen LogP contribution is 2.21. The zero-order valence-electron chi connectivity index (χ0n) is 10.7. The van der Waals surface area contributed by atoms with E-state index in [0.717, 1.165) is 0 Å². The molecule has 1 aromatic carbocycles. The van der Waals surface area contributed by atoms with E-state index in [1.165, 1.54) is 29.5 Å². The Morgan fingerprint density at radius 2 is 1.88 bits per heavy atom. The maximum absolute atomic E-state index is 5.58. The second-order valence-corrected chi connectivity index (χ2v) is 4.71. The van der Waals surface area contributed by atoms with Gasteiger partial charge in [0.15, 0.2) is 0 Å². The molecule has 0 aliphatic rings. The van der Waals surface area contributed by atoms with E-state index in [-0.39, 0.29) is 0 Å². The Labute approximate surface area is 99.4 Å². The third kappa shape index (κ3) is 4.19. The normalized spacial score (nSPS) is 12.2. The predicted molar refractivity (Wildman–Crippen MR) is 71.4 cm³/mol. The van der Waals surface area contributed by atoms with E-state index < -0.39 is 0 Å². The first-order chi connectivity index (χ1) is 7.63. The molecule has 88 valence electrons. The van der Waals surface area contributed by atoms with Crippen LogP contribution < -0.4 is 5.73 Å². The molecule has 0 aliphatic carbocycles. The summed E-state index contributed by atoms with van der Waals surface area (Å²) in [6.45, 7) is 7.23. The number of rotatable bonds is 5. The second kappa shape index (κ2) is 6.49. The average Bonchev–Trinajstić information content (AvgIpc) is 2.28. The molecule has 1 atom stereocenters. The van der Waals surface area contributed by atoms with Gasteiger partial charge in [-0.3, -0.25) is 0 Å². The fraction of sp³-hybridized carbons (Fsp3) is 0.467. The van der Waals surface area contributed by atoms with Crippen LogP contribution in [0.3, 0.4) is 0 Å². The first-order valence-electron chi connectivity index (χ1n) is 6.05. The maximum atomic E-state index is 5.58. The molecule has 2 N–H and O–H groups in total. The lowest BCUT2D eigenvalue weighted by molar-refractivity contribution is 0.688. The topological polar surface area (TPSA) is 26.0 Å². The molecule has 0 radical (unpaired) electrons. The van der Waals surface area contributed by atoms with E-state index in [9.17, 15) is 0 Å². The van der Waals surface area contributed by atoms with Crippen LogP contribution in [0, 0.1) is 0 Å². The highest BCUT2D eigenvalue weighted by Gasteiger charge is 2.03. The van der Waals surface area contributed by atoms with Crippen molar-refractivity contribution in [3.8, 4) is 0 Å². The van der Waals surface area contributed by atoms with Gasteiger partial charge < -0.3 is 5.73 Å². The van der Waals surface area contributed by atoms with E-state index in [2.05, 4.69) is 51.1 Å². The van der Waals surface area contributed by atoms with Crippen molar-refractivity contribution in [3.63, 3.8) is 0 Å². The van der Waals surface area contributed by atoms with E-state index in [0.29, 0.717) is 12.5 Å². The Bertz CT molecular complexity index is 331. The summed E-state index contributed by atoms with van der Waals surface area (Å²) in [4.78, 5) is 0. The van der Waals surface area contributed by atoms with E-state index >= 15 is 0 Å². The van der Waals surface area contributed by atoms with Crippen molar-refractivity contribution in [2.75, 3.05) is 0 Å². The fourth-order valence-electron chi connectivity index (χ4n) is 1.77.